The largest absolute Gasteiger partial charge is 0.497 e. The summed E-state index contributed by atoms with van der Waals surface area (Å²) in [6, 6.07) is 20.8. The van der Waals surface area contributed by atoms with Crippen LogP contribution in [-0.4, -0.2) is 64.2 Å². The van der Waals surface area contributed by atoms with E-state index in [0.29, 0.717) is 12.2 Å². The molecule has 42 heavy (non-hydrogen) atoms. The summed E-state index contributed by atoms with van der Waals surface area (Å²) in [5, 5.41) is 3.03. The minimum Gasteiger partial charge on any atom is -0.497 e. The van der Waals surface area contributed by atoms with E-state index >= 15 is 0 Å². The van der Waals surface area contributed by atoms with Crippen LogP contribution in [-0.2, 0) is 32.6 Å². The van der Waals surface area contributed by atoms with Crippen molar-refractivity contribution in [2.24, 2.45) is 0 Å². The molecule has 1 N–H and O–H groups in total. The van der Waals surface area contributed by atoms with Gasteiger partial charge < -0.3 is 19.7 Å². The maximum atomic E-state index is 14.3. The van der Waals surface area contributed by atoms with Crippen molar-refractivity contribution in [3.63, 3.8) is 0 Å². The summed E-state index contributed by atoms with van der Waals surface area (Å²) in [5.41, 5.74) is 2.87. The number of sulfonamides is 1. The molecule has 9 nitrogen and oxygen atoms in total. The van der Waals surface area contributed by atoms with E-state index in [0.717, 1.165) is 27.3 Å². The van der Waals surface area contributed by atoms with Crippen LogP contribution in [0.3, 0.4) is 0 Å². The lowest BCUT2D eigenvalue weighted by Gasteiger charge is -2.34. The fraction of sp³-hybridized carbons (Fsp3) is 0.375. The van der Waals surface area contributed by atoms with Crippen LogP contribution in [0, 0.1) is 6.92 Å². The van der Waals surface area contributed by atoms with Gasteiger partial charge in [0.1, 0.15) is 24.1 Å². The number of anilines is 1. The highest BCUT2D eigenvalue weighted by atomic mass is 32.2. The smallest absolute Gasteiger partial charge is 0.244 e. The van der Waals surface area contributed by atoms with Gasteiger partial charge in [0.25, 0.3) is 0 Å². The second kappa shape index (κ2) is 14.7. The molecular weight excluding hydrogens is 554 g/mol. The molecule has 0 radical (unpaired) electrons. The van der Waals surface area contributed by atoms with E-state index in [-0.39, 0.29) is 36.4 Å². The van der Waals surface area contributed by atoms with Crippen molar-refractivity contribution in [1.82, 2.24) is 10.2 Å². The van der Waals surface area contributed by atoms with Gasteiger partial charge in [0.2, 0.25) is 21.8 Å². The number of rotatable bonds is 14. The molecule has 3 aromatic rings. The third-order valence-corrected chi connectivity index (χ3v) is 8.34. The van der Waals surface area contributed by atoms with Crippen LogP contribution in [0.2, 0.25) is 0 Å². The molecule has 0 aliphatic rings. The standard InChI is InChI=1S/C32H41N3O6S/c1-7-24(3)33-32(37)29(19-25-14-9-8-10-15-25)34(21-26-16-12-11-13-23(26)2)31(36)22-35(42(6,38)39)28-18-17-27(40-4)20-30(28)41-5/h8-18,20,24,29H,7,19,21-22H2,1-6H3,(H,33,37). The zero-order chi connectivity index (χ0) is 30.9. The molecule has 10 heteroatoms. The lowest BCUT2D eigenvalue weighted by molar-refractivity contribution is -0.140. The van der Waals surface area contributed by atoms with Gasteiger partial charge >= 0.3 is 0 Å². The van der Waals surface area contributed by atoms with Crippen molar-refractivity contribution in [3.8, 4) is 11.5 Å². The highest BCUT2D eigenvalue weighted by molar-refractivity contribution is 7.92. The molecule has 0 heterocycles. The Balaban J connectivity index is 2.11. The molecule has 2 atom stereocenters. The number of amides is 2. The second-order valence-corrected chi connectivity index (χ2v) is 12.2. The monoisotopic (exact) mass is 595 g/mol. The van der Waals surface area contributed by atoms with Gasteiger partial charge in [0.15, 0.2) is 0 Å². The zero-order valence-electron chi connectivity index (χ0n) is 25.2. The van der Waals surface area contributed by atoms with Crippen molar-refractivity contribution < 1.29 is 27.5 Å². The highest BCUT2D eigenvalue weighted by Crippen LogP contribution is 2.34. The quantitative estimate of drug-likeness (QED) is 0.298. The van der Waals surface area contributed by atoms with Crippen molar-refractivity contribution in [2.75, 3.05) is 31.3 Å². The van der Waals surface area contributed by atoms with E-state index < -0.39 is 28.5 Å². The first-order valence-electron chi connectivity index (χ1n) is 13.9. The summed E-state index contributed by atoms with van der Waals surface area (Å²) in [5.74, 6) is -0.126. The van der Waals surface area contributed by atoms with Crippen molar-refractivity contribution in [3.05, 3.63) is 89.5 Å². The molecule has 3 rings (SSSR count). The lowest BCUT2D eigenvalue weighted by atomic mass is 10.0. The van der Waals surface area contributed by atoms with E-state index in [2.05, 4.69) is 5.32 Å². The van der Waals surface area contributed by atoms with Gasteiger partial charge in [-0.2, -0.15) is 0 Å². The Morgan fingerprint density at radius 3 is 2.21 bits per heavy atom. The minimum atomic E-state index is -3.94. The fourth-order valence-electron chi connectivity index (χ4n) is 4.55. The third-order valence-electron chi connectivity index (χ3n) is 7.21. The van der Waals surface area contributed by atoms with Crippen molar-refractivity contribution >= 4 is 27.5 Å². The van der Waals surface area contributed by atoms with Crippen LogP contribution in [0.25, 0.3) is 0 Å². The molecule has 3 aromatic carbocycles. The van der Waals surface area contributed by atoms with E-state index in [1.807, 2.05) is 75.4 Å². The average molecular weight is 596 g/mol. The first-order chi connectivity index (χ1) is 20.0. The molecule has 0 spiro atoms. The number of hydrogen-bond acceptors (Lipinski definition) is 6. The van der Waals surface area contributed by atoms with Crippen LogP contribution in [0.4, 0.5) is 5.69 Å². The van der Waals surface area contributed by atoms with E-state index in [1.54, 1.807) is 12.1 Å². The minimum absolute atomic E-state index is 0.109. The summed E-state index contributed by atoms with van der Waals surface area (Å²) in [4.78, 5) is 29.6. The first-order valence-corrected chi connectivity index (χ1v) is 15.7. The fourth-order valence-corrected chi connectivity index (χ4v) is 5.40. The van der Waals surface area contributed by atoms with E-state index in [4.69, 9.17) is 9.47 Å². The number of carbonyl (C=O) groups excluding carboxylic acids is 2. The maximum absolute atomic E-state index is 14.3. The number of benzene rings is 3. The van der Waals surface area contributed by atoms with Crippen LogP contribution < -0.4 is 19.1 Å². The second-order valence-electron chi connectivity index (χ2n) is 10.3. The molecule has 0 bridgehead atoms. The lowest BCUT2D eigenvalue weighted by Crippen LogP contribution is -2.54. The van der Waals surface area contributed by atoms with E-state index in [9.17, 15) is 18.0 Å². The molecule has 2 unspecified atom stereocenters. The van der Waals surface area contributed by atoms with Crippen LogP contribution in [0.1, 0.15) is 37.0 Å². The predicted molar refractivity (Wildman–Crippen MR) is 165 cm³/mol. The molecular formula is C32H41N3O6S. The summed E-state index contributed by atoms with van der Waals surface area (Å²) >= 11 is 0. The number of nitrogens with zero attached hydrogens (tertiary/aromatic N) is 2. The number of methoxy groups -OCH3 is 2. The van der Waals surface area contributed by atoms with Crippen LogP contribution in [0.5, 0.6) is 11.5 Å². The third kappa shape index (κ3) is 8.48. The van der Waals surface area contributed by atoms with Gasteiger partial charge in [-0.05, 0) is 49.1 Å². The van der Waals surface area contributed by atoms with Gasteiger partial charge in [-0.1, -0.05) is 61.5 Å². The Labute approximate surface area is 249 Å². The van der Waals surface area contributed by atoms with Gasteiger partial charge in [-0.15, -0.1) is 0 Å². The van der Waals surface area contributed by atoms with Crippen molar-refractivity contribution in [1.29, 1.82) is 0 Å². The number of nitrogens with one attached hydrogen (secondary N) is 1. The van der Waals surface area contributed by atoms with Crippen LogP contribution in [0.15, 0.2) is 72.8 Å². The topological polar surface area (TPSA) is 105 Å². The molecule has 0 fully saturated rings. The number of aryl methyl sites for hydroxylation is 1. The normalized spacial score (nSPS) is 12.6. The first kappa shape index (κ1) is 32.5. The predicted octanol–water partition coefficient (Wildman–Crippen LogP) is 4.33. The summed E-state index contributed by atoms with van der Waals surface area (Å²) < 4.78 is 37.9. The molecule has 0 aromatic heterocycles. The van der Waals surface area contributed by atoms with Gasteiger partial charge in [-0.25, -0.2) is 8.42 Å². The van der Waals surface area contributed by atoms with Gasteiger partial charge in [-0.3, -0.25) is 13.9 Å². The Hall–Kier alpha value is -4.05. The Bertz CT molecular complexity index is 1460. The highest BCUT2D eigenvalue weighted by Gasteiger charge is 2.34. The van der Waals surface area contributed by atoms with Crippen molar-refractivity contribution in [2.45, 2.75) is 52.2 Å². The zero-order valence-corrected chi connectivity index (χ0v) is 26.0. The Morgan fingerprint density at radius 1 is 0.952 bits per heavy atom. The number of carbonyl (C=O) groups is 2. The Morgan fingerprint density at radius 2 is 1.62 bits per heavy atom. The summed E-state index contributed by atoms with van der Waals surface area (Å²) in [6.07, 6.45) is 2.01. The molecule has 0 saturated carbocycles. The maximum Gasteiger partial charge on any atom is 0.244 e. The molecule has 2 amide bonds. The summed E-state index contributed by atoms with van der Waals surface area (Å²) in [6.45, 7) is 5.41. The van der Waals surface area contributed by atoms with E-state index in [1.165, 1.54) is 25.2 Å². The molecule has 0 aliphatic heterocycles. The summed E-state index contributed by atoms with van der Waals surface area (Å²) in [7, 11) is -1.03. The van der Waals surface area contributed by atoms with Crippen LogP contribution >= 0.6 is 0 Å². The number of hydrogen-bond donors (Lipinski definition) is 1. The Kier molecular flexibility index (Phi) is 11.4. The van der Waals surface area contributed by atoms with Gasteiger partial charge in [0, 0.05) is 25.1 Å². The molecule has 226 valence electrons. The SMILES string of the molecule is CCC(C)NC(=O)C(Cc1ccccc1)N(Cc1ccccc1C)C(=O)CN(c1ccc(OC)cc1OC)S(C)(=O)=O. The molecule has 0 aliphatic carbocycles. The number of ether oxygens (including phenoxy) is 2. The van der Waals surface area contributed by atoms with Gasteiger partial charge in [0.05, 0.1) is 26.2 Å². The average Bonchev–Trinajstić information content (AvgIpc) is 2.97. The molecule has 0 saturated heterocycles.